The van der Waals surface area contributed by atoms with Crippen molar-refractivity contribution in [2.24, 2.45) is 23.7 Å². The molecule has 1 fully saturated rings. The Balaban J connectivity index is 1.63. The zero-order valence-corrected chi connectivity index (χ0v) is 25.1. The van der Waals surface area contributed by atoms with Crippen LogP contribution < -0.4 is 9.64 Å². The van der Waals surface area contributed by atoms with Crippen LogP contribution in [0.2, 0.25) is 0 Å². The van der Waals surface area contributed by atoms with Gasteiger partial charge in [-0.1, -0.05) is 56.7 Å². The standard InChI is InChI=1S/C34H43F3N4O/c1-5-19-41(21-23(3)17-18-38)32-29-16-14-25(13-15-27-11-7-9-24(4)31(27)34(35,36)37)20-30(29)39-33(40-32)42-22-28-12-8-10-26(28)6-2/h6-7,9,11,13,15,23,25-26,28H,2,5,8,10,12,14,16-17,19-22H2,1,3-4H3/b15-13+/t23-,25?,26?,28-/m0/s1. The fourth-order valence-corrected chi connectivity index (χ4v) is 6.46. The predicted molar refractivity (Wildman–Crippen MR) is 161 cm³/mol. The van der Waals surface area contributed by atoms with E-state index in [9.17, 15) is 18.4 Å². The molecule has 226 valence electrons. The molecular weight excluding hydrogens is 537 g/mol. The molecule has 1 aromatic carbocycles. The number of benzene rings is 1. The number of anilines is 1. The van der Waals surface area contributed by atoms with Crippen molar-refractivity contribution in [2.75, 3.05) is 24.6 Å². The summed E-state index contributed by atoms with van der Waals surface area (Å²) in [5.74, 6) is 1.92. The second-order valence-electron chi connectivity index (χ2n) is 12.0. The fourth-order valence-electron chi connectivity index (χ4n) is 6.46. The summed E-state index contributed by atoms with van der Waals surface area (Å²) in [7, 11) is 0. The topological polar surface area (TPSA) is 62.0 Å². The van der Waals surface area contributed by atoms with E-state index in [0.29, 0.717) is 43.8 Å². The molecule has 8 heteroatoms. The van der Waals surface area contributed by atoms with Crippen molar-refractivity contribution in [1.82, 2.24) is 9.97 Å². The summed E-state index contributed by atoms with van der Waals surface area (Å²) in [6.07, 6.45) is 8.04. The number of hydrogen-bond donors (Lipinski definition) is 0. The van der Waals surface area contributed by atoms with E-state index in [1.807, 2.05) is 12.2 Å². The number of aryl methyl sites for hydroxylation is 1. The van der Waals surface area contributed by atoms with Gasteiger partial charge >= 0.3 is 12.2 Å². The van der Waals surface area contributed by atoms with E-state index in [1.165, 1.54) is 19.1 Å². The van der Waals surface area contributed by atoms with Crippen LogP contribution in [0, 0.1) is 41.9 Å². The molecule has 2 aliphatic rings. The smallest absolute Gasteiger partial charge is 0.417 e. The minimum Gasteiger partial charge on any atom is -0.463 e. The van der Waals surface area contributed by atoms with Gasteiger partial charge in [-0.05, 0) is 80.2 Å². The Hall–Kier alpha value is -3.34. The lowest BCUT2D eigenvalue weighted by molar-refractivity contribution is -0.138. The Kier molecular flexibility index (Phi) is 10.7. The number of hydrogen-bond acceptors (Lipinski definition) is 5. The largest absolute Gasteiger partial charge is 0.463 e. The Morgan fingerprint density at radius 2 is 2.05 bits per heavy atom. The van der Waals surface area contributed by atoms with Crippen LogP contribution in [0.15, 0.2) is 36.9 Å². The second-order valence-corrected chi connectivity index (χ2v) is 12.0. The van der Waals surface area contributed by atoms with Crippen LogP contribution in [-0.4, -0.2) is 29.7 Å². The molecule has 0 radical (unpaired) electrons. The maximum atomic E-state index is 13.8. The number of fused-ring (bicyclic) bond motifs is 1. The van der Waals surface area contributed by atoms with Gasteiger partial charge in [-0.2, -0.15) is 28.4 Å². The van der Waals surface area contributed by atoms with Gasteiger partial charge in [0, 0.05) is 25.1 Å². The van der Waals surface area contributed by atoms with Gasteiger partial charge < -0.3 is 9.64 Å². The molecule has 0 spiro atoms. The molecule has 4 atom stereocenters. The van der Waals surface area contributed by atoms with Gasteiger partial charge in [0.1, 0.15) is 5.82 Å². The van der Waals surface area contributed by atoms with E-state index < -0.39 is 11.7 Å². The van der Waals surface area contributed by atoms with Gasteiger partial charge in [0.15, 0.2) is 0 Å². The summed E-state index contributed by atoms with van der Waals surface area (Å²) in [6.45, 7) is 11.7. The molecule has 5 nitrogen and oxygen atoms in total. The Bertz CT molecular complexity index is 1300. The van der Waals surface area contributed by atoms with Crippen molar-refractivity contribution < 1.29 is 17.9 Å². The number of aromatic nitrogens is 2. The molecule has 1 heterocycles. The molecule has 2 unspecified atom stereocenters. The summed E-state index contributed by atoms with van der Waals surface area (Å²) < 4.78 is 47.6. The van der Waals surface area contributed by atoms with Crippen molar-refractivity contribution >= 4 is 11.9 Å². The molecule has 42 heavy (non-hydrogen) atoms. The van der Waals surface area contributed by atoms with E-state index in [2.05, 4.69) is 31.4 Å². The molecular formula is C34H43F3N4O. The summed E-state index contributed by atoms with van der Waals surface area (Å²) in [5.41, 5.74) is 1.82. The first-order valence-electron chi connectivity index (χ1n) is 15.3. The van der Waals surface area contributed by atoms with Crippen molar-refractivity contribution in [3.63, 3.8) is 0 Å². The maximum Gasteiger partial charge on any atom is 0.417 e. The highest BCUT2D eigenvalue weighted by Crippen LogP contribution is 2.38. The van der Waals surface area contributed by atoms with Gasteiger partial charge in [0.2, 0.25) is 0 Å². The fraction of sp³-hybridized carbons (Fsp3) is 0.559. The van der Waals surface area contributed by atoms with E-state index in [0.717, 1.165) is 62.1 Å². The zero-order valence-electron chi connectivity index (χ0n) is 25.1. The first-order valence-corrected chi connectivity index (χ1v) is 15.3. The van der Waals surface area contributed by atoms with Crippen LogP contribution in [-0.2, 0) is 19.0 Å². The maximum absolute atomic E-state index is 13.8. The summed E-state index contributed by atoms with van der Waals surface area (Å²) >= 11 is 0. The molecule has 0 aliphatic heterocycles. The van der Waals surface area contributed by atoms with Crippen LogP contribution in [0.1, 0.15) is 80.3 Å². The van der Waals surface area contributed by atoms with Crippen LogP contribution in [0.3, 0.4) is 0 Å². The number of halogens is 3. The van der Waals surface area contributed by atoms with Crippen LogP contribution >= 0.6 is 0 Å². The molecule has 0 saturated heterocycles. The lowest BCUT2D eigenvalue weighted by atomic mass is 9.86. The van der Waals surface area contributed by atoms with Gasteiger partial charge in [-0.15, -0.1) is 6.58 Å². The third-order valence-electron chi connectivity index (χ3n) is 8.62. The molecule has 0 bridgehead atoms. The van der Waals surface area contributed by atoms with Gasteiger partial charge in [-0.3, -0.25) is 0 Å². The first kappa shape index (κ1) is 31.6. The number of alkyl halides is 3. The minimum absolute atomic E-state index is 0.0480. The molecule has 2 aliphatic carbocycles. The van der Waals surface area contributed by atoms with E-state index in [-0.39, 0.29) is 23.0 Å². The normalized spacial score (nSPS) is 21.1. The minimum atomic E-state index is -4.41. The molecule has 1 saturated carbocycles. The summed E-state index contributed by atoms with van der Waals surface area (Å²) in [4.78, 5) is 12.1. The third-order valence-corrected chi connectivity index (χ3v) is 8.62. The number of nitriles is 1. The predicted octanol–water partition coefficient (Wildman–Crippen LogP) is 8.37. The lowest BCUT2D eigenvalue weighted by Crippen LogP contribution is -2.32. The summed E-state index contributed by atoms with van der Waals surface area (Å²) in [6, 6.07) is 7.33. The van der Waals surface area contributed by atoms with E-state index in [4.69, 9.17) is 14.7 Å². The number of rotatable bonds is 12. The zero-order chi connectivity index (χ0) is 30.3. The lowest BCUT2D eigenvalue weighted by Gasteiger charge is -2.31. The average molecular weight is 581 g/mol. The Morgan fingerprint density at radius 3 is 2.76 bits per heavy atom. The molecule has 2 aromatic rings. The van der Waals surface area contributed by atoms with E-state index >= 15 is 0 Å². The highest BCUT2D eigenvalue weighted by molar-refractivity contribution is 5.58. The second kappa shape index (κ2) is 14.2. The monoisotopic (exact) mass is 580 g/mol. The number of nitrogens with zero attached hydrogens (tertiary/aromatic N) is 4. The Labute approximate surface area is 248 Å². The van der Waals surface area contributed by atoms with Crippen molar-refractivity contribution in [3.05, 3.63) is 64.9 Å². The average Bonchev–Trinajstić information content (AvgIpc) is 3.41. The number of ether oxygens (including phenoxy) is 1. The third kappa shape index (κ3) is 7.73. The van der Waals surface area contributed by atoms with Crippen LogP contribution in [0.5, 0.6) is 6.01 Å². The Morgan fingerprint density at radius 1 is 1.24 bits per heavy atom. The quantitative estimate of drug-likeness (QED) is 0.236. The van der Waals surface area contributed by atoms with Gasteiger partial charge in [0.05, 0.1) is 23.9 Å². The van der Waals surface area contributed by atoms with Crippen LogP contribution in [0.4, 0.5) is 19.0 Å². The van der Waals surface area contributed by atoms with Gasteiger partial charge in [-0.25, -0.2) is 0 Å². The number of allylic oxidation sites excluding steroid dienone is 2. The molecule has 0 N–H and O–H groups in total. The molecule has 0 amide bonds. The highest BCUT2D eigenvalue weighted by Gasteiger charge is 2.34. The van der Waals surface area contributed by atoms with E-state index in [1.54, 1.807) is 12.1 Å². The van der Waals surface area contributed by atoms with Crippen LogP contribution in [0.25, 0.3) is 6.08 Å². The molecule has 4 rings (SSSR count). The van der Waals surface area contributed by atoms with Crippen molar-refractivity contribution in [2.45, 2.75) is 78.3 Å². The highest BCUT2D eigenvalue weighted by atomic mass is 19.4. The summed E-state index contributed by atoms with van der Waals surface area (Å²) in [5, 5.41) is 9.25. The van der Waals surface area contributed by atoms with Gasteiger partial charge in [0.25, 0.3) is 0 Å². The molecule has 1 aromatic heterocycles. The first-order chi connectivity index (χ1) is 20.1. The SMILES string of the molecule is C=CC1CCC[C@H]1COc1nc2c(c(N(CCC)C[C@@H](C)CC#N)n1)CCC(/C=C/c1cccc(C)c1C(F)(F)F)C2. The van der Waals surface area contributed by atoms with Crippen molar-refractivity contribution in [3.8, 4) is 12.1 Å². The van der Waals surface area contributed by atoms with Crippen molar-refractivity contribution in [1.29, 1.82) is 5.26 Å².